The van der Waals surface area contributed by atoms with Crippen molar-refractivity contribution in [3.8, 4) is 0 Å². The minimum absolute atomic E-state index is 0.0536. The summed E-state index contributed by atoms with van der Waals surface area (Å²) in [5, 5.41) is 0. The fourth-order valence-electron chi connectivity index (χ4n) is 3.15. The van der Waals surface area contributed by atoms with Crippen molar-refractivity contribution in [1.82, 2.24) is 4.90 Å². The van der Waals surface area contributed by atoms with Crippen molar-refractivity contribution in [1.29, 1.82) is 0 Å². The molecule has 3 heteroatoms. The molecule has 114 valence electrons. The lowest BCUT2D eigenvalue weighted by Crippen LogP contribution is -2.46. The van der Waals surface area contributed by atoms with Gasteiger partial charge in [-0.15, -0.1) is 0 Å². The van der Waals surface area contributed by atoms with E-state index in [1.165, 1.54) is 16.7 Å². The first kappa shape index (κ1) is 14.8. The van der Waals surface area contributed by atoms with E-state index >= 15 is 0 Å². The lowest BCUT2D eigenvalue weighted by molar-refractivity contribution is -0.133. The lowest BCUT2D eigenvalue weighted by atomic mass is 9.84. The average molecular weight is 294 g/mol. The van der Waals surface area contributed by atoms with Crippen LogP contribution >= 0.6 is 0 Å². The minimum Gasteiger partial charge on any atom is -0.336 e. The van der Waals surface area contributed by atoms with Gasteiger partial charge in [-0.25, -0.2) is 0 Å². The highest BCUT2D eigenvalue weighted by Gasteiger charge is 2.30. The SMILES string of the molecule is CC[C@H](N)C(=O)N1Cc2ccccc2[C@@H](c2ccccc2)C1. The molecule has 3 nitrogen and oxygen atoms in total. The van der Waals surface area contributed by atoms with Crippen LogP contribution in [0, 0.1) is 0 Å². The molecule has 0 saturated heterocycles. The Labute approximate surface area is 131 Å². The number of rotatable bonds is 3. The van der Waals surface area contributed by atoms with E-state index in [1.807, 2.05) is 24.0 Å². The molecule has 0 spiro atoms. The van der Waals surface area contributed by atoms with Gasteiger partial charge in [0.1, 0.15) is 0 Å². The first-order valence-corrected chi connectivity index (χ1v) is 7.87. The van der Waals surface area contributed by atoms with Crippen LogP contribution in [-0.2, 0) is 11.3 Å². The number of fused-ring (bicyclic) bond motifs is 1. The number of amides is 1. The van der Waals surface area contributed by atoms with Gasteiger partial charge in [-0.3, -0.25) is 4.79 Å². The van der Waals surface area contributed by atoms with E-state index in [9.17, 15) is 4.79 Å². The zero-order valence-corrected chi connectivity index (χ0v) is 12.9. The Balaban J connectivity index is 1.97. The van der Waals surface area contributed by atoms with Crippen molar-refractivity contribution in [2.45, 2.75) is 31.8 Å². The predicted molar refractivity (Wildman–Crippen MR) is 88.4 cm³/mol. The van der Waals surface area contributed by atoms with Gasteiger partial charge in [0.25, 0.3) is 0 Å². The number of carbonyl (C=O) groups is 1. The standard InChI is InChI=1S/C19H22N2O/c1-2-18(20)19(22)21-12-15-10-6-7-11-16(15)17(13-21)14-8-4-3-5-9-14/h3-11,17-18H,2,12-13,20H2,1H3/t17-,18+/m1/s1. The molecule has 0 saturated carbocycles. The van der Waals surface area contributed by atoms with Gasteiger partial charge in [-0.05, 0) is 23.1 Å². The van der Waals surface area contributed by atoms with Crippen LogP contribution in [0.3, 0.4) is 0 Å². The second-order valence-electron chi connectivity index (χ2n) is 5.90. The molecule has 2 aromatic rings. The molecule has 1 aliphatic heterocycles. The molecule has 2 atom stereocenters. The number of carbonyl (C=O) groups excluding carboxylic acids is 1. The van der Waals surface area contributed by atoms with E-state index in [4.69, 9.17) is 5.73 Å². The molecular weight excluding hydrogens is 272 g/mol. The fraction of sp³-hybridized carbons (Fsp3) is 0.316. The summed E-state index contributed by atoms with van der Waals surface area (Å²) >= 11 is 0. The average Bonchev–Trinajstić information content (AvgIpc) is 2.60. The maximum Gasteiger partial charge on any atom is 0.239 e. The Morgan fingerprint density at radius 1 is 1.18 bits per heavy atom. The summed E-state index contributed by atoms with van der Waals surface area (Å²) in [7, 11) is 0. The summed E-state index contributed by atoms with van der Waals surface area (Å²) in [5.74, 6) is 0.275. The van der Waals surface area contributed by atoms with E-state index in [0.717, 1.165) is 0 Å². The number of hydrogen-bond acceptors (Lipinski definition) is 2. The van der Waals surface area contributed by atoms with Gasteiger partial charge in [0, 0.05) is 19.0 Å². The molecule has 0 bridgehead atoms. The number of nitrogens with zero attached hydrogens (tertiary/aromatic N) is 1. The highest BCUT2D eigenvalue weighted by molar-refractivity contribution is 5.82. The van der Waals surface area contributed by atoms with Crippen molar-refractivity contribution < 1.29 is 4.79 Å². The molecule has 1 aliphatic rings. The summed E-state index contributed by atoms with van der Waals surface area (Å²) in [6.07, 6.45) is 0.674. The smallest absolute Gasteiger partial charge is 0.239 e. The lowest BCUT2D eigenvalue weighted by Gasteiger charge is -2.36. The van der Waals surface area contributed by atoms with Crippen LogP contribution < -0.4 is 5.73 Å². The number of benzene rings is 2. The number of hydrogen-bond donors (Lipinski definition) is 1. The molecule has 1 amide bonds. The van der Waals surface area contributed by atoms with Gasteiger partial charge in [-0.1, -0.05) is 61.5 Å². The van der Waals surface area contributed by atoms with E-state index < -0.39 is 6.04 Å². The second-order valence-corrected chi connectivity index (χ2v) is 5.90. The number of nitrogens with two attached hydrogens (primary N) is 1. The Morgan fingerprint density at radius 3 is 2.59 bits per heavy atom. The third-order valence-electron chi connectivity index (χ3n) is 4.47. The molecule has 0 aromatic heterocycles. The van der Waals surface area contributed by atoms with Crippen molar-refractivity contribution >= 4 is 5.91 Å². The van der Waals surface area contributed by atoms with Gasteiger partial charge in [0.15, 0.2) is 0 Å². The molecule has 0 aliphatic carbocycles. The molecule has 3 rings (SSSR count). The van der Waals surface area contributed by atoms with E-state index in [-0.39, 0.29) is 11.8 Å². The van der Waals surface area contributed by atoms with Crippen LogP contribution in [0.4, 0.5) is 0 Å². The third kappa shape index (κ3) is 2.77. The highest BCUT2D eigenvalue weighted by atomic mass is 16.2. The molecule has 2 aromatic carbocycles. The van der Waals surface area contributed by atoms with Gasteiger partial charge in [-0.2, -0.15) is 0 Å². The van der Waals surface area contributed by atoms with Crippen molar-refractivity contribution in [3.05, 3.63) is 71.3 Å². The largest absolute Gasteiger partial charge is 0.336 e. The predicted octanol–water partition coefficient (Wildman–Crippen LogP) is 2.90. The monoisotopic (exact) mass is 294 g/mol. The summed E-state index contributed by atoms with van der Waals surface area (Å²) in [6, 6.07) is 18.4. The summed E-state index contributed by atoms with van der Waals surface area (Å²) in [6.45, 7) is 3.31. The molecule has 1 heterocycles. The Kier molecular flexibility index (Phi) is 4.25. The minimum atomic E-state index is -0.401. The van der Waals surface area contributed by atoms with E-state index in [0.29, 0.717) is 19.5 Å². The summed E-state index contributed by atoms with van der Waals surface area (Å²) < 4.78 is 0. The van der Waals surface area contributed by atoms with Crippen molar-refractivity contribution in [2.24, 2.45) is 5.73 Å². The topological polar surface area (TPSA) is 46.3 Å². The van der Waals surface area contributed by atoms with Crippen LogP contribution in [0.2, 0.25) is 0 Å². The van der Waals surface area contributed by atoms with Gasteiger partial charge >= 0.3 is 0 Å². The second kappa shape index (κ2) is 6.32. The molecule has 0 radical (unpaired) electrons. The Bertz CT molecular complexity index is 653. The quantitative estimate of drug-likeness (QED) is 0.946. The zero-order valence-electron chi connectivity index (χ0n) is 12.9. The molecular formula is C19H22N2O. The Hall–Kier alpha value is -2.13. The van der Waals surface area contributed by atoms with Gasteiger partial charge in [0.05, 0.1) is 6.04 Å². The van der Waals surface area contributed by atoms with Crippen LogP contribution in [0.15, 0.2) is 54.6 Å². The van der Waals surface area contributed by atoms with Crippen molar-refractivity contribution in [3.63, 3.8) is 0 Å². The van der Waals surface area contributed by atoms with Crippen LogP contribution in [0.5, 0.6) is 0 Å². The van der Waals surface area contributed by atoms with E-state index in [2.05, 4.69) is 42.5 Å². The van der Waals surface area contributed by atoms with E-state index in [1.54, 1.807) is 0 Å². The first-order chi connectivity index (χ1) is 10.7. The summed E-state index contributed by atoms with van der Waals surface area (Å²) in [5.41, 5.74) is 9.75. The zero-order chi connectivity index (χ0) is 15.5. The summed E-state index contributed by atoms with van der Waals surface area (Å²) in [4.78, 5) is 14.4. The first-order valence-electron chi connectivity index (χ1n) is 7.87. The maximum atomic E-state index is 12.5. The molecule has 0 fully saturated rings. The van der Waals surface area contributed by atoms with Crippen LogP contribution in [0.1, 0.15) is 36.0 Å². The van der Waals surface area contributed by atoms with Crippen LogP contribution in [0.25, 0.3) is 0 Å². The van der Waals surface area contributed by atoms with Gasteiger partial charge < -0.3 is 10.6 Å². The fourth-order valence-corrected chi connectivity index (χ4v) is 3.15. The normalized spacial score (nSPS) is 18.6. The molecule has 22 heavy (non-hydrogen) atoms. The highest BCUT2D eigenvalue weighted by Crippen LogP contribution is 2.33. The van der Waals surface area contributed by atoms with Crippen LogP contribution in [-0.4, -0.2) is 23.4 Å². The molecule has 0 unspecified atom stereocenters. The molecule has 2 N–H and O–H groups in total. The van der Waals surface area contributed by atoms with Gasteiger partial charge in [0.2, 0.25) is 5.91 Å². The maximum absolute atomic E-state index is 12.5. The Morgan fingerprint density at radius 2 is 1.86 bits per heavy atom. The van der Waals surface area contributed by atoms with Crippen molar-refractivity contribution in [2.75, 3.05) is 6.54 Å². The third-order valence-corrected chi connectivity index (χ3v) is 4.47.